The lowest BCUT2D eigenvalue weighted by atomic mass is 9.90. The molecule has 0 aliphatic carbocycles. The highest BCUT2D eigenvalue weighted by Crippen LogP contribution is 2.33. The average molecular weight is 571 g/mol. The first-order chi connectivity index (χ1) is 21.4. The van der Waals surface area contributed by atoms with Crippen LogP contribution in [0.15, 0.2) is 141 Å². The van der Waals surface area contributed by atoms with E-state index in [0.29, 0.717) is 0 Å². The van der Waals surface area contributed by atoms with Crippen LogP contribution in [-0.4, -0.2) is 0 Å². The monoisotopic (exact) mass is 570 g/mol. The van der Waals surface area contributed by atoms with Gasteiger partial charge >= 0.3 is 0 Å². The summed E-state index contributed by atoms with van der Waals surface area (Å²) in [5.41, 5.74) is 14.3. The van der Waals surface area contributed by atoms with Crippen LogP contribution in [0.2, 0.25) is 0 Å². The maximum atomic E-state index is 5.56. The molecular weight excluding hydrogens is 528 g/mol. The van der Waals surface area contributed by atoms with Gasteiger partial charge in [-0.05, 0) is 107 Å². The smallest absolute Gasteiger partial charge is 0.0127 e. The molecule has 218 valence electrons. The molecule has 4 aromatic carbocycles. The van der Waals surface area contributed by atoms with Crippen LogP contribution in [0.4, 0.5) is 0 Å². The van der Waals surface area contributed by atoms with E-state index in [1.807, 2.05) is 25.2 Å². The number of hydrogen-bond acceptors (Lipinski definition) is 0. The summed E-state index contributed by atoms with van der Waals surface area (Å²) in [6, 6.07) is 30.6. The fourth-order valence-electron chi connectivity index (χ4n) is 5.34. The van der Waals surface area contributed by atoms with Gasteiger partial charge in [0.15, 0.2) is 0 Å². The van der Waals surface area contributed by atoms with E-state index in [2.05, 4.69) is 148 Å². The van der Waals surface area contributed by atoms with Gasteiger partial charge in [0, 0.05) is 6.42 Å². The summed E-state index contributed by atoms with van der Waals surface area (Å²) in [6.45, 7) is 14.6. The molecule has 0 amide bonds. The molecule has 44 heavy (non-hydrogen) atoms. The maximum absolute atomic E-state index is 5.56. The topological polar surface area (TPSA) is 0 Å². The summed E-state index contributed by atoms with van der Waals surface area (Å²) in [5, 5.41) is 0. The second kappa shape index (κ2) is 15.9. The second-order valence-corrected chi connectivity index (χ2v) is 11.1. The van der Waals surface area contributed by atoms with Gasteiger partial charge in [0.2, 0.25) is 0 Å². The normalized spacial score (nSPS) is 11.8. The van der Waals surface area contributed by atoms with Gasteiger partial charge in [-0.3, -0.25) is 0 Å². The van der Waals surface area contributed by atoms with E-state index < -0.39 is 0 Å². The summed E-state index contributed by atoms with van der Waals surface area (Å²) >= 11 is 0. The lowest BCUT2D eigenvalue weighted by Gasteiger charge is -2.14. The van der Waals surface area contributed by atoms with Gasteiger partial charge in [-0.1, -0.05) is 140 Å². The van der Waals surface area contributed by atoms with Crippen molar-refractivity contribution in [2.45, 2.75) is 40.0 Å². The number of rotatable bonds is 12. The zero-order chi connectivity index (χ0) is 31.3. The Morgan fingerprint density at radius 3 is 2.41 bits per heavy atom. The molecule has 0 heteroatoms. The van der Waals surface area contributed by atoms with Gasteiger partial charge < -0.3 is 0 Å². The van der Waals surface area contributed by atoms with Crippen molar-refractivity contribution in [1.82, 2.24) is 0 Å². The Balaban J connectivity index is 1.55. The van der Waals surface area contributed by atoms with Crippen LogP contribution in [0.3, 0.4) is 0 Å². The summed E-state index contributed by atoms with van der Waals surface area (Å²) in [7, 11) is 0. The van der Waals surface area contributed by atoms with Crippen LogP contribution in [0.1, 0.15) is 53.6 Å². The molecule has 0 saturated carbocycles. The van der Waals surface area contributed by atoms with Crippen molar-refractivity contribution in [2.24, 2.45) is 0 Å². The van der Waals surface area contributed by atoms with Crippen molar-refractivity contribution in [3.8, 4) is 34.6 Å². The molecular formula is C44H42. The Labute approximate surface area is 265 Å². The highest BCUT2D eigenvalue weighted by molar-refractivity contribution is 5.85. The van der Waals surface area contributed by atoms with Crippen molar-refractivity contribution in [2.75, 3.05) is 0 Å². The first-order valence-electron chi connectivity index (χ1n) is 15.2. The maximum Gasteiger partial charge on any atom is 0.0127 e. The Morgan fingerprint density at radius 1 is 0.841 bits per heavy atom. The SMILES string of the molecule is C#CCCc1cc(/C=C/C=C\C)cc(-c2cccc(C/C=C\C=C(/C=C)c3ccc(-c4ccccc4C)c(C(=C)C)c3)c2)c1. The summed E-state index contributed by atoms with van der Waals surface area (Å²) in [5.74, 6) is 2.77. The number of hydrogen-bond donors (Lipinski definition) is 0. The first-order valence-corrected chi connectivity index (χ1v) is 15.2. The number of aryl methyl sites for hydroxylation is 2. The van der Waals surface area contributed by atoms with Crippen LogP contribution < -0.4 is 0 Å². The van der Waals surface area contributed by atoms with Gasteiger partial charge in [-0.25, -0.2) is 0 Å². The summed E-state index contributed by atoms with van der Waals surface area (Å²) < 4.78 is 0. The van der Waals surface area contributed by atoms with E-state index >= 15 is 0 Å². The second-order valence-electron chi connectivity index (χ2n) is 11.1. The molecule has 0 radical (unpaired) electrons. The minimum Gasteiger partial charge on any atom is -0.120 e. The Kier molecular flexibility index (Phi) is 11.5. The molecule has 0 nitrogen and oxygen atoms in total. The molecule has 0 aliphatic rings. The number of benzene rings is 4. The molecule has 0 N–H and O–H groups in total. The highest BCUT2D eigenvalue weighted by atomic mass is 14.1. The van der Waals surface area contributed by atoms with Gasteiger partial charge in [-0.15, -0.1) is 12.3 Å². The zero-order valence-electron chi connectivity index (χ0n) is 26.3. The molecule has 0 atom stereocenters. The van der Waals surface area contributed by atoms with Gasteiger partial charge in [0.1, 0.15) is 0 Å². The molecule has 0 heterocycles. The van der Waals surface area contributed by atoms with Crippen molar-refractivity contribution in [3.05, 3.63) is 174 Å². The molecule has 0 aliphatic heterocycles. The minimum absolute atomic E-state index is 0.734. The van der Waals surface area contributed by atoms with Crippen LogP contribution in [0.25, 0.3) is 39.5 Å². The largest absolute Gasteiger partial charge is 0.120 e. The standard InChI is InChI=1S/C44H42/c1-7-10-12-21-37-28-36(19-11-8-2)30-41(31-37)39-24-17-22-35(29-39)20-14-15-23-38(9-3)40-26-27-43(44(32-40)33(4)5)42-25-16-13-18-34(42)6/h2,7,9-10,12-18,21-32H,3-4,11,19-20H2,1,5-6H3/b10-7-,15-14-,21-12+,38-23+. The van der Waals surface area contributed by atoms with Gasteiger partial charge in [0.05, 0.1) is 0 Å². The van der Waals surface area contributed by atoms with Gasteiger partial charge in [0.25, 0.3) is 0 Å². The zero-order valence-corrected chi connectivity index (χ0v) is 26.3. The van der Waals surface area contributed by atoms with Crippen LogP contribution >= 0.6 is 0 Å². The van der Waals surface area contributed by atoms with Gasteiger partial charge in [-0.2, -0.15) is 0 Å². The summed E-state index contributed by atoms with van der Waals surface area (Å²) in [6.07, 6.45) is 24.7. The Morgan fingerprint density at radius 2 is 1.66 bits per heavy atom. The third-order valence-electron chi connectivity index (χ3n) is 7.66. The highest BCUT2D eigenvalue weighted by Gasteiger charge is 2.10. The van der Waals surface area contributed by atoms with Crippen molar-refractivity contribution < 1.29 is 0 Å². The van der Waals surface area contributed by atoms with Crippen LogP contribution in [-0.2, 0) is 12.8 Å². The average Bonchev–Trinajstić information content (AvgIpc) is 3.04. The predicted octanol–water partition coefficient (Wildman–Crippen LogP) is 11.9. The molecule has 0 spiro atoms. The first kappa shape index (κ1) is 31.8. The van der Waals surface area contributed by atoms with E-state index in [9.17, 15) is 0 Å². The van der Waals surface area contributed by atoms with Crippen molar-refractivity contribution >= 4 is 17.2 Å². The van der Waals surface area contributed by atoms with Crippen molar-refractivity contribution in [3.63, 3.8) is 0 Å². The van der Waals surface area contributed by atoms with Crippen molar-refractivity contribution in [1.29, 1.82) is 0 Å². The molecule has 0 fully saturated rings. The molecule has 0 bridgehead atoms. The summed E-state index contributed by atoms with van der Waals surface area (Å²) in [4.78, 5) is 0. The lowest BCUT2D eigenvalue weighted by molar-refractivity contribution is 1.03. The lowest BCUT2D eigenvalue weighted by Crippen LogP contribution is -1.92. The third-order valence-corrected chi connectivity index (χ3v) is 7.66. The molecule has 0 aromatic heterocycles. The van der Waals surface area contributed by atoms with Crippen LogP contribution in [0, 0.1) is 19.3 Å². The van der Waals surface area contributed by atoms with Crippen LogP contribution in [0.5, 0.6) is 0 Å². The predicted molar refractivity (Wildman–Crippen MR) is 195 cm³/mol. The van der Waals surface area contributed by atoms with E-state index in [-0.39, 0.29) is 0 Å². The Hall–Kier alpha value is -5.12. The third kappa shape index (κ3) is 8.47. The molecule has 4 aromatic rings. The fourth-order valence-corrected chi connectivity index (χ4v) is 5.34. The Bertz CT molecular complexity index is 1790. The molecule has 4 rings (SSSR count). The van der Waals surface area contributed by atoms with E-state index in [0.717, 1.165) is 41.5 Å². The van der Waals surface area contributed by atoms with E-state index in [4.69, 9.17) is 6.42 Å². The number of terminal acetylenes is 1. The van der Waals surface area contributed by atoms with E-state index in [1.165, 1.54) is 44.5 Å². The quantitative estimate of drug-likeness (QED) is 0.117. The number of allylic oxidation sites excluding steroid dienone is 9. The fraction of sp³-hybridized carbons (Fsp3) is 0.136. The molecule has 0 saturated heterocycles. The minimum atomic E-state index is 0.734. The van der Waals surface area contributed by atoms with E-state index in [1.54, 1.807) is 0 Å². The molecule has 0 unspecified atom stereocenters.